The third-order valence-corrected chi connectivity index (χ3v) is 2.53. The van der Waals surface area contributed by atoms with Crippen molar-refractivity contribution in [1.82, 2.24) is 0 Å². The molecule has 0 aromatic heterocycles. The highest BCUT2D eigenvalue weighted by molar-refractivity contribution is 8.76. The highest BCUT2D eigenvalue weighted by atomic mass is 33.1. The Hall–Kier alpha value is 0.130. The first kappa shape index (κ1) is 10.1. The number of aliphatic hydroxyl groups excluding tert-OH is 1. The Balaban J connectivity index is 2.84. The van der Waals surface area contributed by atoms with Crippen molar-refractivity contribution >= 4 is 27.6 Å². The number of esters is 1. The number of rotatable bonds is 5. The van der Waals surface area contributed by atoms with Gasteiger partial charge in [-0.1, -0.05) is 21.6 Å². The highest BCUT2D eigenvalue weighted by Gasteiger charge is 1.92. The molecule has 0 heterocycles. The van der Waals surface area contributed by atoms with Gasteiger partial charge in [0.2, 0.25) is 0 Å². The van der Waals surface area contributed by atoms with Gasteiger partial charge in [-0.25, -0.2) is 0 Å². The van der Waals surface area contributed by atoms with Crippen LogP contribution in [0.25, 0.3) is 0 Å². The maximum atomic E-state index is 10.2. The van der Waals surface area contributed by atoms with Gasteiger partial charge in [0.05, 0.1) is 5.94 Å². The Morgan fingerprint density at radius 3 is 2.80 bits per heavy atom. The van der Waals surface area contributed by atoms with Crippen LogP contribution in [0.4, 0.5) is 0 Å². The summed E-state index contributed by atoms with van der Waals surface area (Å²) in [6.45, 7) is 1.80. The van der Waals surface area contributed by atoms with Crippen LogP contribution in [-0.4, -0.2) is 29.4 Å². The van der Waals surface area contributed by atoms with Crippen LogP contribution in [0, 0.1) is 0 Å². The Morgan fingerprint density at radius 1 is 1.60 bits per heavy atom. The molecule has 0 aliphatic heterocycles. The van der Waals surface area contributed by atoms with Crippen LogP contribution in [-0.2, 0) is 9.53 Å². The van der Waals surface area contributed by atoms with Gasteiger partial charge in [0, 0.05) is 12.7 Å². The molecule has 0 saturated carbocycles. The average Bonchev–Trinajstić information content (AvgIpc) is 1.87. The van der Waals surface area contributed by atoms with Crippen LogP contribution in [0.15, 0.2) is 0 Å². The molecule has 0 amide bonds. The van der Waals surface area contributed by atoms with Crippen LogP contribution in [0.3, 0.4) is 0 Å². The largest absolute Gasteiger partial charge is 0.465 e. The zero-order valence-corrected chi connectivity index (χ0v) is 7.33. The van der Waals surface area contributed by atoms with E-state index in [1.54, 1.807) is 0 Å². The van der Waals surface area contributed by atoms with E-state index in [2.05, 4.69) is 4.74 Å². The second-order valence-electron chi connectivity index (χ2n) is 1.41. The van der Waals surface area contributed by atoms with Gasteiger partial charge in [-0.2, -0.15) is 0 Å². The van der Waals surface area contributed by atoms with Crippen molar-refractivity contribution < 1.29 is 14.6 Å². The number of hydrogen-bond donors (Lipinski definition) is 1. The quantitative estimate of drug-likeness (QED) is 0.296. The molecule has 0 aliphatic carbocycles. The third-order valence-electron chi connectivity index (χ3n) is 0.608. The summed E-state index contributed by atoms with van der Waals surface area (Å²) in [5.41, 5.74) is 0. The predicted octanol–water partition coefficient (Wildman–Crippen LogP) is 0.881. The molecule has 3 nitrogen and oxygen atoms in total. The van der Waals surface area contributed by atoms with E-state index in [1.807, 2.05) is 0 Å². The molecule has 0 aromatic rings. The van der Waals surface area contributed by atoms with Gasteiger partial charge in [-0.05, 0) is 0 Å². The van der Waals surface area contributed by atoms with Crippen LogP contribution < -0.4 is 0 Å². The minimum atomic E-state index is -0.255. The zero-order valence-electron chi connectivity index (χ0n) is 5.70. The molecule has 0 bridgehead atoms. The van der Waals surface area contributed by atoms with Gasteiger partial charge < -0.3 is 9.84 Å². The van der Waals surface area contributed by atoms with Gasteiger partial charge >= 0.3 is 5.97 Å². The lowest BCUT2D eigenvalue weighted by Gasteiger charge is -1.98. The van der Waals surface area contributed by atoms with E-state index in [4.69, 9.17) is 5.11 Å². The maximum Gasteiger partial charge on any atom is 0.302 e. The van der Waals surface area contributed by atoms with Gasteiger partial charge in [-0.3, -0.25) is 4.79 Å². The number of aliphatic hydroxyl groups is 1. The van der Waals surface area contributed by atoms with Gasteiger partial charge in [0.15, 0.2) is 0 Å². The summed E-state index contributed by atoms with van der Waals surface area (Å²) in [6, 6.07) is 0. The second kappa shape index (κ2) is 7.24. The van der Waals surface area contributed by atoms with Crippen molar-refractivity contribution in [2.45, 2.75) is 6.92 Å². The molecule has 0 fully saturated rings. The lowest BCUT2D eigenvalue weighted by molar-refractivity contribution is -0.140. The smallest absolute Gasteiger partial charge is 0.302 e. The summed E-state index contributed by atoms with van der Waals surface area (Å²) < 4.78 is 4.63. The van der Waals surface area contributed by atoms with E-state index in [0.717, 1.165) is 5.75 Å². The molecule has 0 aromatic carbocycles. The van der Waals surface area contributed by atoms with E-state index in [9.17, 15) is 4.79 Å². The minimum Gasteiger partial charge on any atom is -0.465 e. The topological polar surface area (TPSA) is 46.5 Å². The monoisotopic (exact) mass is 182 g/mol. The average molecular weight is 182 g/mol. The summed E-state index contributed by atoms with van der Waals surface area (Å²) >= 11 is 0. The molecule has 0 rings (SSSR count). The SMILES string of the molecule is CC(=O)OCCSSCO. The summed E-state index contributed by atoms with van der Waals surface area (Å²) in [6.07, 6.45) is 0. The normalized spacial score (nSPS) is 9.40. The first-order chi connectivity index (χ1) is 4.77. The van der Waals surface area contributed by atoms with Crippen molar-refractivity contribution in [3.8, 4) is 0 Å². The van der Waals surface area contributed by atoms with Gasteiger partial charge in [-0.15, -0.1) is 0 Å². The minimum absolute atomic E-state index is 0.102. The lowest BCUT2D eigenvalue weighted by atomic mass is 10.8. The Bertz CT molecular complexity index is 96.9. The van der Waals surface area contributed by atoms with Crippen LogP contribution in [0.5, 0.6) is 0 Å². The molecule has 0 aliphatic rings. The number of ether oxygens (including phenoxy) is 1. The molecule has 0 atom stereocenters. The van der Waals surface area contributed by atoms with E-state index in [0.29, 0.717) is 6.61 Å². The fraction of sp³-hybridized carbons (Fsp3) is 0.800. The molecule has 60 valence electrons. The van der Waals surface area contributed by atoms with E-state index in [1.165, 1.54) is 28.5 Å². The molecule has 0 unspecified atom stereocenters. The fourth-order valence-electron chi connectivity index (χ4n) is 0.316. The maximum absolute atomic E-state index is 10.2. The third kappa shape index (κ3) is 8.13. The number of carbonyl (C=O) groups is 1. The van der Waals surface area contributed by atoms with Crippen molar-refractivity contribution in [2.75, 3.05) is 18.3 Å². The summed E-state index contributed by atoms with van der Waals surface area (Å²) in [4.78, 5) is 10.2. The Morgan fingerprint density at radius 2 is 2.30 bits per heavy atom. The van der Waals surface area contributed by atoms with Crippen LogP contribution >= 0.6 is 21.6 Å². The molecule has 5 heteroatoms. The van der Waals surface area contributed by atoms with Crippen molar-refractivity contribution in [2.24, 2.45) is 0 Å². The standard InChI is InChI=1S/C5H10O3S2/c1-5(7)8-2-3-9-10-4-6/h6H,2-4H2,1H3. The predicted molar refractivity (Wildman–Crippen MR) is 43.8 cm³/mol. The Kier molecular flexibility index (Phi) is 7.33. The zero-order chi connectivity index (χ0) is 7.82. The second-order valence-corrected chi connectivity index (χ2v) is 3.96. The van der Waals surface area contributed by atoms with E-state index >= 15 is 0 Å². The molecular formula is C5H10O3S2. The molecule has 10 heavy (non-hydrogen) atoms. The number of hydrogen-bond acceptors (Lipinski definition) is 5. The fourth-order valence-corrected chi connectivity index (χ4v) is 1.44. The Labute approximate surface area is 67.9 Å². The molecular weight excluding hydrogens is 172 g/mol. The van der Waals surface area contributed by atoms with Crippen LogP contribution in [0.1, 0.15) is 6.92 Å². The van der Waals surface area contributed by atoms with Crippen molar-refractivity contribution in [3.05, 3.63) is 0 Å². The number of carbonyl (C=O) groups excluding carboxylic acids is 1. The van der Waals surface area contributed by atoms with E-state index in [-0.39, 0.29) is 11.9 Å². The molecule has 0 spiro atoms. The summed E-state index contributed by atoms with van der Waals surface area (Å²) in [5.74, 6) is 0.574. The first-order valence-electron chi connectivity index (χ1n) is 2.76. The summed E-state index contributed by atoms with van der Waals surface area (Å²) in [7, 11) is 2.83. The molecule has 1 N–H and O–H groups in total. The highest BCUT2D eigenvalue weighted by Crippen LogP contribution is 2.18. The first-order valence-corrected chi connectivity index (χ1v) is 5.25. The van der Waals surface area contributed by atoms with Gasteiger partial charge in [0.1, 0.15) is 6.61 Å². The van der Waals surface area contributed by atoms with E-state index < -0.39 is 0 Å². The summed E-state index contributed by atoms with van der Waals surface area (Å²) in [5, 5.41) is 8.31. The van der Waals surface area contributed by atoms with Crippen molar-refractivity contribution in [3.63, 3.8) is 0 Å². The molecule has 0 saturated heterocycles. The molecule has 0 radical (unpaired) electrons. The van der Waals surface area contributed by atoms with Crippen molar-refractivity contribution in [1.29, 1.82) is 0 Å². The van der Waals surface area contributed by atoms with Gasteiger partial charge in [0.25, 0.3) is 0 Å². The van der Waals surface area contributed by atoms with Crippen LogP contribution in [0.2, 0.25) is 0 Å². The lowest BCUT2D eigenvalue weighted by Crippen LogP contribution is -2.01.